The van der Waals surface area contributed by atoms with Gasteiger partial charge in [0.25, 0.3) is 0 Å². The summed E-state index contributed by atoms with van der Waals surface area (Å²) in [5.41, 5.74) is 0. The largest absolute Gasteiger partial charge is 0.472 e. The Bertz CT molecular complexity index is 1060. The lowest BCUT2D eigenvalue weighted by Gasteiger charge is -2.41. The molecule has 0 heterocycles. The number of hydrogen-bond donors (Lipinski definition) is 9. The van der Waals surface area contributed by atoms with Crippen LogP contribution >= 0.6 is 7.82 Å². The van der Waals surface area contributed by atoms with Crippen molar-refractivity contribution >= 4 is 13.7 Å². The zero-order valence-electron chi connectivity index (χ0n) is 38.6. The van der Waals surface area contributed by atoms with E-state index in [9.17, 15) is 50.0 Å². The monoisotopic (exact) mass is 896 g/mol. The van der Waals surface area contributed by atoms with Gasteiger partial charge in [0.05, 0.1) is 31.3 Å². The quantitative estimate of drug-likeness (QED) is 0.0207. The first-order valence-corrected chi connectivity index (χ1v) is 26.6. The van der Waals surface area contributed by atoms with E-state index in [2.05, 4.69) is 19.2 Å². The van der Waals surface area contributed by atoms with Crippen LogP contribution in [-0.2, 0) is 18.4 Å². The zero-order chi connectivity index (χ0) is 45.1. The number of carbonyl (C=O) groups is 1. The molecule has 1 aliphatic rings. The van der Waals surface area contributed by atoms with Gasteiger partial charge in [0, 0.05) is 0 Å². The second-order valence-electron chi connectivity index (χ2n) is 18.2. The van der Waals surface area contributed by atoms with Crippen molar-refractivity contribution in [3.63, 3.8) is 0 Å². The minimum Gasteiger partial charge on any atom is -0.393 e. The number of phosphoric acid groups is 1. The fourth-order valence-electron chi connectivity index (χ4n) is 8.36. The summed E-state index contributed by atoms with van der Waals surface area (Å²) >= 11 is 0. The Balaban J connectivity index is 2.37. The van der Waals surface area contributed by atoms with E-state index in [1.165, 1.54) is 141 Å². The molecule has 0 aliphatic heterocycles. The van der Waals surface area contributed by atoms with Crippen LogP contribution in [0.2, 0.25) is 0 Å². The highest BCUT2D eigenvalue weighted by atomic mass is 31.2. The average Bonchev–Trinajstić information content (AvgIpc) is 3.23. The van der Waals surface area contributed by atoms with E-state index in [4.69, 9.17) is 9.05 Å². The number of phosphoric ester groups is 1. The molecule has 1 aliphatic carbocycles. The van der Waals surface area contributed by atoms with Crippen LogP contribution in [0.4, 0.5) is 0 Å². The molecule has 0 saturated heterocycles. The summed E-state index contributed by atoms with van der Waals surface area (Å²) in [6, 6.07) is -1.15. The van der Waals surface area contributed by atoms with Crippen LogP contribution < -0.4 is 5.32 Å². The summed E-state index contributed by atoms with van der Waals surface area (Å²) in [5, 5.41) is 74.6. The van der Waals surface area contributed by atoms with Crippen LogP contribution in [0.1, 0.15) is 232 Å². The van der Waals surface area contributed by atoms with Gasteiger partial charge in [-0.05, 0) is 12.8 Å². The minimum atomic E-state index is -5.11. The second-order valence-corrected chi connectivity index (χ2v) is 19.6. The molecule has 364 valence electrons. The van der Waals surface area contributed by atoms with E-state index in [-0.39, 0.29) is 12.8 Å². The molecule has 14 heteroatoms. The molecule has 1 amide bonds. The SMILES string of the molecule is CCCCCCCCCCCCCCCCCCCCCCCC(O)CC(=O)NC(COP(=O)(O)OC1C(O)C(O)C(O)C(O)C1O)C(O)CCCCCCCCCCCC. The molecule has 0 radical (unpaired) electrons. The van der Waals surface area contributed by atoms with Crippen molar-refractivity contribution in [2.24, 2.45) is 0 Å². The Morgan fingerprint density at radius 3 is 1.18 bits per heavy atom. The number of unbranched alkanes of at least 4 members (excludes halogenated alkanes) is 29. The number of nitrogens with one attached hydrogen (secondary N) is 1. The van der Waals surface area contributed by atoms with E-state index >= 15 is 0 Å². The predicted molar refractivity (Wildman–Crippen MR) is 243 cm³/mol. The Morgan fingerprint density at radius 2 is 0.820 bits per heavy atom. The molecule has 1 saturated carbocycles. The second kappa shape index (κ2) is 37.5. The fraction of sp³-hybridized carbons (Fsp3) is 0.979. The van der Waals surface area contributed by atoms with Gasteiger partial charge in [0.2, 0.25) is 5.91 Å². The van der Waals surface area contributed by atoms with Gasteiger partial charge < -0.3 is 46.0 Å². The molecule has 8 atom stereocenters. The van der Waals surface area contributed by atoms with Gasteiger partial charge in [-0.3, -0.25) is 13.8 Å². The van der Waals surface area contributed by atoms with Crippen molar-refractivity contribution < 1.29 is 59.0 Å². The fourth-order valence-corrected chi connectivity index (χ4v) is 9.33. The lowest BCUT2D eigenvalue weighted by atomic mass is 9.85. The van der Waals surface area contributed by atoms with Gasteiger partial charge in [-0.2, -0.15) is 0 Å². The number of carbonyl (C=O) groups excluding carboxylic acids is 1. The molecule has 13 nitrogen and oxygen atoms in total. The standard InChI is InChI=1S/C47H94NO12P/c1-3-5-7-9-11-13-15-16-17-18-19-20-21-22-23-24-25-26-28-30-32-34-38(49)36-41(51)48-39(40(50)35-33-31-29-27-14-12-10-8-6-4-2)37-59-61(57,58)60-47-45(55)43(53)42(52)44(54)46(47)56/h38-40,42-47,49-50,52-56H,3-37H2,1-2H3,(H,48,51)(H,57,58). The summed E-state index contributed by atoms with van der Waals surface area (Å²) in [7, 11) is -5.11. The van der Waals surface area contributed by atoms with E-state index in [0.29, 0.717) is 12.8 Å². The maximum Gasteiger partial charge on any atom is 0.472 e. The molecule has 0 aromatic carbocycles. The number of hydrogen-bond acceptors (Lipinski definition) is 11. The van der Waals surface area contributed by atoms with Crippen molar-refractivity contribution in [3.05, 3.63) is 0 Å². The van der Waals surface area contributed by atoms with Gasteiger partial charge in [0.15, 0.2) is 0 Å². The Hall–Kier alpha value is -0.700. The molecule has 1 rings (SSSR count). The molecule has 9 N–H and O–H groups in total. The molecule has 0 bridgehead atoms. The summed E-state index contributed by atoms with van der Waals surface area (Å²) < 4.78 is 22.9. The molecular weight excluding hydrogens is 801 g/mol. The molecule has 61 heavy (non-hydrogen) atoms. The summed E-state index contributed by atoms with van der Waals surface area (Å²) in [4.78, 5) is 23.5. The zero-order valence-corrected chi connectivity index (χ0v) is 39.5. The molecule has 8 unspecified atom stereocenters. The third-order valence-corrected chi connectivity index (χ3v) is 13.5. The molecular formula is C47H94NO12P. The number of aliphatic hydroxyl groups excluding tert-OH is 7. The molecule has 0 aromatic heterocycles. The van der Waals surface area contributed by atoms with Gasteiger partial charge in [-0.25, -0.2) is 4.57 Å². The van der Waals surface area contributed by atoms with Crippen LogP contribution in [0.5, 0.6) is 0 Å². The summed E-state index contributed by atoms with van der Waals surface area (Å²) in [6.45, 7) is 3.78. The smallest absolute Gasteiger partial charge is 0.393 e. The van der Waals surface area contributed by atoms with Crippen molar-refractivity contribution in [2.75, 3.05) is 6.61 Å². The van der Waals surface area contributed by atoms with Crippen molar-refractivity contribution in [2.45, 2.75) is 287 Å². The maximum atomic E-state index is 13.0. The van der Waals surface area contributed by atoms with E-state index in [1.807, 2.05) is 0 Å². The third-order valence-electron chi connectivity index (χ3n) is 12.5. The summed E-state index contributed by atoms with van der Waals surface area (Å²) in [6.07, 6.45) is 24.6. The first kappa shape index (κ1) is 58.3. The first-order valence-electron chi connectivity index (χ1n) is 25.1. The van der Waals surface area contributed by atoms with Gasteiger partial charge in [-0.1, -0.05) is 213 Å². The van der Waals surface area contributed by atoms with Crippen LogP contribution in [0, 0.1) is 0 Å². The first-order chi connectivity index (χ1) is 29.3. The Morgan fingerprint density at radius 1 is 0.508 bits per heavy atom. The van der Waals surface area contributed by atoms with Crippen molar-refractivity contribution in [3.8, 4) is 0 Å². The van der Waals surface area contributed by atoms with Crippen LogP contribution in [0.3, 0.4) is 0 Å². The lowest BCUT2D eigenvalue weighted by Crippen LogP contribution is -2.64. The van der Waals surface area contributed by atoms with Crippen molar-refractivity contribution in [1.29, 1.82) is 0 Å². The number of aliphatic hydroxyl groups is 7. The third kappa shape index (κ3) is 29.5. The van der Waals surface area contributed by atoms with Gasteiger partial charge in [-0.15, -0.1) is 0 Å². The van der Waals surface area contributed by atoms with E-state index in [0.717, 1.165) is 51.4 Å². The molecule has 0 aromatic rings. The van der Waals surface area contributed by atoms with Crippen LogP contribution in [0.25, 0.3) is 0 Å². The summed E-state index contributed by atoms with van der Waals surface area (Å²) in [5.74, 6) is -0.557. The minimum absolute atomic E-state index is 0.216. The Kier molecular flexibility index (Phi) is 35.9. The topological polar surface area (TPSA) is 226 Å². The highest BCUT2D eigenvalue weighted by Crippen LogP contribution is 2.47. The van der Waals surface area contributed by atoms with Crippen molar-refractivity contribution in [1.82, 2.24) is 5.32 Å². The normalized spacial score (nSPS) is 23.1. The molecule has 1 fully saturated rings. The number of rotatable bonds is 42. The number of amides is 1. The maximum absolute atomic E-state index is 13.0. The molecule has 0 spiro atoms. The highest BCUT2D eigenvalue weighted by molar-refractivity contribution is 7.47. The van der Waals surface area contributed by atoms with Gasteiger partial charge >= 0.3 is 7.82 Å². The van der Waals surface area contributed by atoms with Gasteiger partial charge in [0.1, 0.15) is 36.6 Å². The van der Waals surface area contributed by atoms with E-state index < -0.39 is 75.2 Å². The highest BCUT2D eigenvalue weighted by Gasteiger charge is 2.51. The Labute approximate surface area is 370 Å². The lowest BCUT2D eigenvalue weighted by molar-refractivity contribution is -0.220. The van der Waals surface area contributed by atoms with Crippen LogP contribution in [0.15, 0.2) is 0 Å². The van der Waals surface area contributed by atoms with Crippen LogP contribution in [-0.4, -0.2) is 108 Å². The average molecular weight is 896 g/mol. The predicted octanol–water partition coefficient (Wildman–Crippen LogP) is 8.82. The van der Waals surface area contributed by atoms with E-state index in [1.54, 1.807) is 0 Å².